The van der Waals surface area contributed by atoms with Crippen LogP contribution in [0.5, 0.6) is 0 Å². The van der Waals surface area contributed by atoms with Gasteiger partial charge in [-0.15, -0.1) is 0 Å². The highest BCUT2D eigenvalue weighted by atomic mass is 16.4. The second-order valence-corrected chi connectivity index (χ2v) is 24.8. The van der Waals surface area contributed by atoms with Crippen LogP contribution in [-0.2, 0) is 97.6 Å². The summed E-state index contributed by atoms with van der Waals surface area (Å²) in [5.74, 6) is -18.2. The number of hydrogen-bond acceptors (Lipinski definition) is 20. The molecule has 37 nitrogen and oxygen atoms in total. The molecule has 0 spiro atoms. The number of rotatable bonds is 40. The van der Waals surface area contributed by atoms with Crippen LogP contribution in [0.2, 0.25) is 0 Å². The lowest BCUT2D eigenvalue weighted by molar-refractivity contribution is -0.145. The van der Waals surface area contributed by atoms with Gasteiger partial charge in [-0.1, -0.05) is 92.7 Å². The fourth-order valence-corrected chi connectivity index (χ4v) is 11.2. The molecule has 104 heavy (non-hydrogen) atoms. The van der Waals surface area contributed by atoms with E-state index in [4.69, 9.17) is 5.73 Å². The van der Waals surface area contributed by atoms with E-state index < -0.39 is 206 Å². The topological polar surface area (TPSA) is 583 Å². The minimum Gasteiger partial charge on any atom is -0.481 e. The quantitative estimate of drug-likeness (QED) is 0.0174. The summed E-state index contributed by atoms with van der Waals surface area (Å²) in [6.45, 7) is 0.440. The number of carbonyl (C=O) groups is 15. The van der Waals surface area contributed by atoms with Crippen LogP contribution in [0.4, 0.5) is 0 Å². The molecule has 12 atom stereocenters. The van der Waals surface area contributed by atoms with Gasteiger partial charge < -0.3 is 110 Å². The van der Waals surface area contributed by atoms with E-state index >= 15 is 0 Å². The predicted octanol–water partition coefficient (Wildman–Crippen LogP) is -5.87. The van der Waals surface area contributed by atoms with Gasteiger partial charge in [0, 0.05) is 61.2 Å². The molecule has 0 saturated carbocycles. The zero-order chi connectivity index (χ0) is 76.3. The Hall–Kier alpha value is -11.7. The molecule has 0 aliphatic carbocycles. The van der Waals surface area contributed by atoms with E-state index in [9.17, 15) is 103 Å². The molecule has 6 rings (SSSR count). The van der Waals surface area contributed by atoms with E-state index in [2.05, 4.69) is 73.4 Å². The number of para-hydroxylation sites is 1. The highest BCUT2D eigenvalue weighted by Gasteiger charge is 2.42. The molecule has 37 heteroatoms. The summed E-state index contributed by atoms with van der Waals surface area (Å²) in [5.41, 5.74) is 7.94. The van der Waals surface area contributed by atoms with Gasteiger partial charge in [-0.3, -0.25) is 67.1 Å². The molecule has 1 aliphatic heterocycles. The lowest BCUT2D eigenvalue weighted by Gasteiger charge is -2.31. The van der Waals surface area contributed by atoms with E-state index in [1.165, 1.54) is 12.5 Å². The number of fused-ring (bicyclic) bond motifs is 1. The number of aromatic amines is 2. The van der Waals surface area contributed by atoms with Gasteiger partial charge in [0.15, 0.2) is 0 Å². The number of likely N-dealkylation sites (tertiary alicyclic amines) is 1. The van der Waals surface area contributed by atoms with Crippen molar-refractivity contribution in [3.05, 3.63) is 126 Å². The van der Waals surface area contributed by atoms with E-state index in [-0.39, 0.29) is 50.8 Å². The molecule has 5 aromatic rings. The van der Waals surface area contributed by atoms with Crippen molar-refractivity contribution in [3.8, 4) is 0 Å². The first-order valence-corrected chi connectivity index (χ1v) is 33.0. The van der Waals surface area contributed by atoms with Crippen molar-refractivity contribution in [2.75, 3.05) is 32.8 Å². The molecule has 1 fully saturated rings. The second-order valence-electron chi connectivity index (χ2n) is 24.8. The van der Waals surface area contributed by atoms with E-state index in [1.54, 1.807) is 105 Å². The molecule has 21 N–H and O–H groups in total. The lowest BCUT2D eigenvalue weighted by Crippen LogP contribution is -2.61. The molecule has 0 unspecified atom stereocenters. The number of nitrogens with zero attached hydrogens (tertiary/aromatic N) is 2. The van der Waals surface area contributed by atoms with Crippen LogP contribution in [-0.4, -0.2) is 245 Å². The minimum absolute atomic E-state index is 0.0925. The SMILES string of the molecule is CC(C)[C@H](NC(=O)CN)C(=O)N[C@@H](Cc1ccccc1)C(=O)N[C@@H](CC(=O)O)C(=O)N[C@@H](Cc1ccccc1)C(=O)N1CCC[C@H]1C(=O)N[C@@H](CC(=O)O)C(=O)N[C@@H](CO)C(=O)NCC(=O)N[C@H](C(=O)N[C@@H](Cc1cnc[nH]1)C(=O)N[C@@H](CO)C(=O)N[C@@H](Cc1c[nH]c2ccccc12)C(=O)O)[C@@H](C)O. The maximum atomic E-state index is 14.8. The van der Waals surface area contributed by atoms with Crippen molar-refractivity contribution in [3.63, 3.8) is 0 Å². The highest BCUT2D eigenvalue weighted by Crippen LogP contribution is 2.22. The summed E-state index contributed by atoms with van der Waals surface area (Å²) in [4.78, 5) is 213. The number of nitrogens with one attached hydrogen (secondary N) is 13. The average molecular weight is 1450 g/mol. The third-order valence-corrected chi connectivity index (χ3v) is 16.6. The van der Waals surface area contributed by atoms with Gasteiger partial charge in [0.25, 0.3) is 0 Å². The summed E-state index contributed by atoms with van der Waals surface area (Å²) < 4.78 is 0. The van der Waals surface area contributed by atoms with Crippen molar-refractivity contribution in [2.45, 2.75) is 145 Å². The van der Waals surface area contributed by atoms with E-state index in [1.807, 2.05) is 0 Å². The predicted molar refractivity (Wildman–Crippen MR) is 364 cm³/mol. The molecule has 0 bridgehead atoms. The number of aliphatic hydroxyl groups excluding tert-OH is 3. The van der Waals surface area contributed by atoms with Gasteiger partial charge in [0.2, 0.25) is 70.9 Å². The molecule has 12 amide bonds. The van der Waals surface area contributed by atoms with Gasteiger partial charge >= 0.3 is 17.9 Å². The summed E-state index contributed by atoms with van der Waals surface area (Å²) in [5, 5.41) is 87.3. The Morgan fingerprint density at radius 1 is 0.529 bits per heavy atom. The Kier molecular flexibility index (Phi) is 30.9. The fraction of sp³-hybridized carbons (Fsp3) is 0.433. The van der Waals surface area contributed by atoms with Gasteiger partial charge in [-0.05, 0) is 48.4 Å². The molecule has 0 radical (unpaired) electrons. The lowest BCUT2D eigenvalue weighted by atomic mass is 10.0. The molecule has 1 aliphatic rings. The molecular formula is C67H86N16O21. The first kappa shape index (κ1) is 81.3. The number of carboxylic acid groups (broad SMARTS) is 3. The summed E-state index contributed by atoms with van der Waals surface area (Å²) in [6.07, 6.45) is -0.826. The van der Waals surface area contributed by atoms with Crippen LogP contribution in [0.15, 0.2) is 104 Å². The molecule has 560 valence electrons. The highest BCUT2D eigenvalue weighted by molar-refractivity contribution is 6.01. The van der Waals surface area contributed by atoms with Crippen LogP contribution >= 0.6 is 0 Å². The number of benzene rings is 3. The van der Waals surface area contributed by atoms with Crippen molar-refractivity contribution >= 4 is 99.7 Å². The number of carboxylic acids is 3. The number of imidazole rings is 1. The van der Waals surface area contributed by atoms with E-state index in [0.29, 0.717) is 27.6 Å². The normalized spacial score (nSPS) is 15.8. The molecule has 3 aromatic carbocycles. The Morgan fingerprint density at radius 3 is 1.55 bits per heavy atom. The number of carbonyl (C=O) groups excluding carboxylic acids is 12. The van der Waals surface area contributed by atoms with Crippen LogP contribution < -0.4 is 64.2 Å². The van der Waals surface area contributed by atoms with Crippen LogP contribution in [0.1, 0.15) is 68.8 Å². The third kappa shape index (κ3) is 24.3. The molecule has 2 aromatic heterocycles. The monoisotopic (exact) mass is 1450 g/mol. The fourth-order valence-electron chi connectivity index (χ4n) is 11.2. The minimum atomic E-state index is -2.03. The first-order chi connectivity index (χ1) is 49.5. The summed E-state index contributed by atoms with van der Waals surface area (Å²) in [6, 6.07) is 4.88. The number of H-pyrrole nitrogens is 2. The smallest absolute Gasteiger partial charge is 0.326 e. The number of nitrogens with two attached hydrogens (primary N) is 1. The summed E-state index contributed by atoms with van der Waals surface area (Å²) in [7, 11) is 0. The Balaban J connectivity index is 1.09. The number of amides is 12. The Bertz CT molecular complexity index is 3860. The van der Waals surface area contributed by atoms with Gasteiger partial charge in [-0.2, -0.15) is 0 Å². The van der Waals surface area contributed by atoms with Crippen LogP contribution in [0.3, 0.4) is 0 Å². The van der Waals surface area contributed by atoms with Crippen molar-refractivity contribution in [1.29, 1.82) is 0 Å². The Labute approximate surface area is 593 Å². The number of aliphatic carboxylic acids is 3. The zero-order valence-electron chi connectivity index (χ0n) is 56.8. The second kappa shape index (κ2) is 39.5. The van der Waals surface area contributed by atoms with Gasteiger partial charge in [-0.25, -0.2) is 9.78 Å². The first-order valence-electron chi connectivity index (χ1n) is 33.0. The van der Waals surface area contributed by atoms with Crippen LogP contribution in [0, 0.1) is 5.92 Å². The van der Waals surface area contributed by atoms with Gasteiger partial charge in [0.05, 0.1) is 51.6 Å². The maximum Gasteiger partial charge on any atom is 0.326 e. The standard InChI is InChI=1S/C67H86N16O21/c1-34(2)55(81-51(87)27-68)64(100)75-42(21-36-13-6-4-7-14-36)58(94)73-44(25-53(89)90)60(96)77-46(22-37-15-8-5-9-16-37)66(102)83-20-12-19-50(83)63(99)74-45(26-54(91)92)61(97)79-48(31-84)57(93)71-30-52(88)82-56(35(3)86)65(101)76-43(24-39-29-69-33-72-39)59(95)80-49(32-85)62(98)78-47(67(103)104)23-38-28-70-41-18-11-10-17-40(38)41/h4-11,13-18,28-29,33-35,42-50,55-56,70,84-86H,12,19-27,30-32,68H2,1-3H3,(H,69,72)(H,71,93)(H,73,94)(H,74,99)(H,75,100)(H,76,101)(H,77,96)(H,78,98)(H,79,97)(H,80,95)(H,81,87)(H,82,88)(H,89,90)(H,91,92)(H,103,104)/t35-,42+,43+,44+,45+,46+,47+,48+,49+,50+,55+,56+/m1/s1. The Morgan fingerprint density at radius 2 is 1.01 bits per heavy atom. The number of aliphatic hydroxyl groups is 3. The average Bonchev–Trinajstić information content (AvgIpc) is 1.77. The summed E-state index contributed by atoms with van der Waals surface area (Å²) >= 11 is 0. The zero-order valence-corrected chi connectivity index (χ0v) is 56.8. The molecule has 3 heterocycles. The van der Waals surface area contributed by atoms with Gasteiger partial charge in [0.1, 0.15) is 66.5 Å². The van der Waals surface area contributed by atoms with E-state index in [0.717, 1.165) is 11.8 Å². The number of aromatic nitrogens is 3. The molecular weight excluding hydrogens is 1360 g/mol. The van der Waals surface area contributed by atoms with Crippen LogP contribution in [0.25, 0.3) is 10.9 Å². The molecule has 1 saturated heterocycles. The number of hydrogen-bond donors (Lipinski definition) is 20. The third-order valence-electron chi connectivity index (χ3n) is 16.6. The maximum absolute atomic E-state index is 14.8. The largest absolute Gasteiger partial charge is 0.481 e. The van der Waals surface area contributed by atoms with Crippen molar-refractivity contribution in [2.24, 2.45) is 11.7 Å². The van der Waals surface area contributed by atoms with Crippen molar-refractivity contribution < 1.29 is 103 Å². The van der Waals surface area contributed by atoms with Crippen molar-refractivity contribution in [1.82, 2.24) is 78.3 Å².